The molecule has 0 aromatic rings. The van der Waals surface area contributed by atoms with Crippen molar-refractivity contribution in [1.82, 2.24) is 31.1 Å². The molecule has 2 atom stereocenters. The summed E-state index contributed by atoms with van der Waals surface area (Å²) >= 11 is 0. The molecule has 8 heteroatoms. The fraction of sp³-hybridized carbons (Fsp3) is 1.00. The molecule has 0 fully saturated rings. The van der Waals surface area contributed by atoms with Crippen LogP contribution in [-0.2, 0) is 4.74 Å². The first-order valence-corrected chi connectivity index (χ1v) is 9.57. The zero-order valence-corrected chi connectivity index (χ0v) is 17.1. The van der Waals surface area contributed by atoms with Gasteiger partial charge in [0.2, 0.25) is 0 Å². The van der Waals surface area contributed by atoms with Crippen molar-refractivity contribution >= 4 is 0 Å². The van der Waals surface area contributed by atoms with Crippen LogP contribution in [0, 0.1) is 0 Å². The minimum Gasteiger partial charge on any atom is -0.359 e. The van der Waals surface area contributed by atoms with E-state index in [0.717, 1.165) is 52.6 Å². The molecular weight excluding hydrogens is 318 g/mol. The molecule has 25 heavy (non-hydrogen) atoms. The lowest BCUT2D eigenvalue weighted by atomic mass is 10.3. The van der Waals surface area contributed by atoms with Gasteiger partial charge < -0.3 is 30.9 Å². The van der Waals surface area contributed by atoms with Gasteiger partial charge in [0.05, 0.1) is 6.10 Å². The van der Waals surface area contributed by atoms with Crippen LogP contribution in [0.15, 0.2) is 0 Å². The predicted octanol–water partition coefficient (Wildman–Crippen LogP) is -0.799. The second kappa shape index (κ2) is 17.1. The van der Waals surface area contributed by atoms with Crippen molar-refractivity contribution < 1.29 is 4.74 Å². The summed E-state index contributed by atoms with van der Waals surface area (Å²) in [6.45, 7) is 14.4. The van der Waals surface area contributed by atoms with Gasteiger partial charge in [0.25, 0.3) is 0 Å². The Hall–Kier alpha value is -0.320. The van der Waals surface area contributed by atoms with Crippen LogP contribution < -0.4 is 27.0 Å². The third-order valence-electron chi connectivity index (χ3n) is 3.86. The van der Waals surface area contributed by atoms with Gasteiger partial charge in [0, 0.05) is 52.7 Å². The van der Waals surface area contributed by atoms with Crippen LogP contribution in [0.3, 0.4) is 0 Å². The summed E-state index contributed by atoms with van der Waals surface area (Å²) in [4.78, 5) is 4.71. The summed E-state index contributed by atoms with van der Waals surface area (Å²) in [5.41, 5.74) is 5.34. The molecule has 0 heterocycles. The zero-order valence-electron chi connectivity index (χ0n) is 17.1. The van der Waals surface area contributed by atoms with Gasteiger partial charge in [-0.3, -0.25) is 10.6 Å². The Kier molecular flexibility index (Phi) is 16.9. The van der Waals surface area contributed by atoms with Crippen molar-refractivity contribution in [1.29, 1.82) is 0 Å². The van der Waals surface area contributed by atoms with Crippen LogP contribution >= 0.6 is 0 Å². The maximum absolute atomic E-state index is 5.99. The fourth-order valence-corrected chi connectivity index (χ4v) is 2.53. The Morgan fingerprint density at radius 1 is 0.920 bits per heavy atom. The lowest BCUT2D eigenvalue weighted by molar-refractivity contribution is -0.0241. The van der Waals surface area contributed by atoms with Crippen LogP contribution in [-0.4, -0.2) is 95.5 Å². The van der Waals surface area contributed by atoms with Crippen molar-refractivity contribution in [3.63, 3.8) is 0 Å². The first-order valence-electron chi connectivity index (χ1n) is 9.57. The molecule has 8 nitrogen and oxygen atoms in total. The van der Waals surface area contributed by atoms with E-state index >= 15 is 0 Å². The summed E-state index contributed by atoms with van der Waals surface area (Å²) in [6, 6.07) is 0. The third kappa shape index (κ3) is 16.9. The SMILES string of the molecule is CCCN(C)CCN(C)C[C@H](C)O[C@H](C)NCNCCNCNCN. The maximum Gasteiger partial charge on any atom is 0.106 e. The van der Waals surface area contributed by atoms with Gasteiger partial charge in [-0.25, -0.2) is 0 Å². The number of ether oxygens (including phenoxy) is 1. The molecule has 0 rings (SSSR count). The summed E-state index contributed by atoms with van der Waals surface area (Å²) in [5.74, 6) is 0. The minimum atomic E-state index is 0.0329. The van der Waals surface area contributed by atoms with Crippen molar-refractivity contribution in [2.75, 3.05) is 73.4 Å². The number of hydrogen-bond acceptors (Lipinski definition) is 8. The van der Waals surface area contributed by atoms with Crippen molar-refractivity contribution in [2.24, 2.45) is 5.73 Å². The molecule has 0 aliphatic rings. The number of nitrogens with zero attached hydrogens (tertiary/aromatic N) is 2. The van der Waals surface area contributed by atoms with E-state index in [9.17, 15) is 0 Å². The fourth-order valence-electron chi connectivity index (χ4n) is 2.53. The Labute approximate surface area is 155 Å². The molecule has 0 bridgehead atoms. The van der Waals surface area contributed by atoms with Crippen molar-refractivity contribution in [3.8, 4) is 0 Å². The number of hydrogen-bond donors (Lipinski definition) is 5. The second-order valence-corrected chi connectivity index (χ2v) is 6.67. The molecule has 0 unspecified atom stereocenters. The molecule has 6 N–H and O–H groups in total. The number of rotatable bonds is 18. The van der Waals surface area contributed by atoms with Gasteiger partial charge in [0.1, 0.15) is 6.23 Å². The van der Waals surface area contributed by atoms with E-state index in [1.54, 1.807) is 0 Å². The molecule has 152 valence electrons. The van der Waals surface area contributed by atoms with E-state index in [2.05, 4.69) is 65.9 Å². The van der Waals surface area contributed by atoms with E-state index in [-0.39, 0.29) is 12.3 Å². The maximum atomic E-state index is 5.99. The molecule has 0 aliphatic carbocycles. The lowest BCUT2D eigenvalue weighted by Gasteiger charge is -2.26. The predicted molar refractivity (Wildman–Crippen MR) is 106 cm³/mol. The molecule has 0 spiro atoms. The molecule has 0 saturated carbocycles. The lowest BCUT2D eigenvalue weighted by Crippen LogP contribution is -2.43. The molecular formula is C17H43N7O. The molecule has 0 radical (unpaired) electrons. The van der Waals surface area contributed by atoms with Crippen LogP contribution in [0.2, 0.25) is 0 Å². The molecule has 0 saturated heterocycles. The van der Waals surface area contributed by atoms with E-state index < -0.39 is 0 Å². The first kappa shape index (κ1) is 24.7. The van der Waals surface area contributed by atoms with Crippen LogP contribution in [0.1, 0.15) is 27.2 Å². The number of nitrogens with two attached hydrogens (primary N) is 1. The standard InChI is InChI=1S/C17H43N7O/c1-6-9-23(4)10-11-24(5)12-16(2)25-17(3)22-15-20-8-7-19-14-21-13-18/h16-17,19-22H,6-15,18H2,1-5H3/t16-,17+/m0/s1. The smallest absolute Gasteiger partial charge is 0.106 e. The highest BCUT2D eigenvalue weighted by molar-refractivity contribution is 4.62. The van der Waals surface area contributed by atoms with Gasteiger partial charge in [-0.05, 0) is 40.9 Å². The molecule has 0 aromatic heterocycles. The van der Waals surface area contributed by atoms with Crippen molar-refractivity contribution in [2.45, 2.75) is 39.5 Å². The Bertz CT molecular complexity index is 284. The van der Waals surface area contributed by atoms with E-state index in [0.29, 0.717) is 6.67 Å². The molecule has 0 amide bonds. The Balaban J connectivity index is 3.58. The summed E-state index contributed by atoms with van der Waals surface area (Å²) in [7, 11) is 4.34. The summed E-state index contributed by atoms with van der Waals surface area (Å²) in [5, 5.41) is 12.9. The largest absolute Gasteiger partial charge is 0.359 e. The number of likely N-dealkylation sites (N-methyl/N-ethyl adjacent to an activating group) is 2. The normalized spacial score (nSPS) is 14.4. The zero-order chi connectivity index (χ0) is 18.9. The highest BCUT2D eigenvalue weighted by Gasteiger charge is 2.11. The highest BCUT2D eigenvalue weighted by atomic mass is 16.5. The summed E-state index contributed by atoms with van der Waals surface area (Å²) in [6.07, 6.45) is 1.44. The monoisotopic (exact) mass is 361 g/mol. The van der Waals surface area contributed by atoms with E-state index in [4.69, 9.17) is 10.5 Å². The molecule has 0 aromatic carbocycles. The van der Waals surface area contributed by atoms with Gasteiger partial charge in [-0.1, -0.05) is 6.92 Å². The third-order valence-corrected chi connectivity index (χ3v) is 3.86. The summed E-state index contributed by atoms with van der Waals surface area (Å²) < 4.78 is 5.99. The van der Waals surface area contributed by atoms with Crippen LogP contribution in [0.4, 0.5) is 0 Å². The highest BCUT2D eigenvalue weighted by Crippen LogP contribution is 1.98. The Morgan fingerprint density at radius 3 is 2.20 bits per heavy atom. The number of nitrogens with one attached hydrogen (secondary N) is 4. The van der Waals surface area contributed by atoms with E-state index in [1.807, 2.05) is 0 Å². The first-order chi connectivity index (χ1) is 12.0. The van der Waals surface area contributed by atoms with Crippen molar-refractivity contribution in [3.05, 3.63) is 0 Å². The average Bonchev–Trinajstić information content (AvgIpc) is 2.55. The Morgan fingerprint density at radius 2 is 1.56 bits per heavy atom. The van der Waals surface area contributed by atoms with Gasteiger partial charge in [-0.15, -0.1) is 0 Å². The second-order valence-electron chi connectivity index (χ2n) is 6.67. The van der Waals surface area contributed by atoms with E-state index in [1.165, 1.54) is 6.42 Å². The van der Waals surface area contributed by atoms with Crippen LogP contribution in [0.5, 0.6) is 0 Å². The average molecular weight is 362 g/mol. The molecule has 0 aliphatic heterocycles. The minimum absolute atomic E-state index is 0.0329. The van der Waals surface area contributed by atoms with Gasteiger partial charge >= 0.3 is 0 Å². The quantitative estimate of drug-likeness (QED) is 0.160. The topological polar surface area (TPSA) is 89.9 Å². The van der Waals surface area contributed by atoms with Gasteiger partial charge in [-0.2, -0.15) is 0 Å². The van der Waals surface area contributed by atoms with Crippen LogP contribution in [0.25, 0.3) is 0 Å². The van der Waals surface area contributed by atoms with Gasteiger partial charge in [0.15, 0.2) is 0 Å².